The third-order valence-electron chi connectivity index (χ3n) is 6.21. The Hall–Kier alpha value is -2.54. The van der Waals surface area contributed by atoms with Crippen LogP contribution in [0, 0.1) is 5.92 Å². The van der Waals surface area contributed by atoms with Gasteiger partial charge in [-0.3, -0.25) is 0 Å². The Morgan fingerprint density at radius 1 is 0.742 bits per heavy atom. The monoisotopic (exact) mass is 414 g/mol. The molecule has 3 rings (SSSR count). The van der Waals surface area contributed by atoms with Gasteiger partial charge in [0, 0.05) is 5.56 Å². The predicted octanol–water partition coefficient (Wildman–Crippen LogP) is 8.96. The molecule has 0 aliphatic carbocycles. The Labute approximate surface area is 189 Å². The van der Waals surface area contributed by atoms with Crippen LogP contribution in [0.1, 0.15) is 64.9 Å². The van der Waals surface area contributed by atoms with E-state index in [1.54, 1.807) is 0 Å². The van der Waals surface area contributed by atoms with Crippen molar-refractivity contribution in [3.05, 3.63) is 78.4 Å². The maximum atomic E-state index is 6.35. The van der Waals surface area contributed by atoms with Crippen LogP contribution < -0.4 is 4.74 Å². The fourth-order valence-corrected chi connectivity index (χ4v) is 3.95. The van der Waals surface area contributed by atoms with E-state index in [1.807, 2.05) is 0 Å². The zero-order valence-electron chi connectivity index (χ0n) is 19.6. The Balaban J connectivity index is 1.78. The van der Waals surface area contributed by atoms with Crippen LogP contribution in [0.4, 0.5) is 0 Å². The molecule has 1 unspecified atom stereocenters. The van der Waals surface area contributed by atoms with Crippen LogP contribution in [0.15, 0.2) is 72.8 Å². The molecule has 3 aromatic rings. The second-order valence-electron chi connectivity index (χ2n) is 8.74. The van der Waals surface area contributed by atoms with E-state index in [9.17, 15) is 0 Å². The maximum absolute atomic E-state index is 6.35. The van der Waals surface area contributed by atoms with Gasteiger partial charge >= 0.3 is 0 Å². The van der Waals surface area contributed by atoms with Gasteiger partial charge in [0.25, 0.3) is 0 Å². The van der Waals surface area contributed by atoms with Crippen molar-refractivity contribution in [3.8, 4) is 28.0 Å². The normalized spacial score (nSPS) is 12.0. The molecule has 0 bridgehead atoms. The molecule has 0 spiro atoms. The summed E-state index contributed by atoms with van der Waals surface area (Å²) in [7, 11) is 0. The molecule has 0 radical (unpaired) electrons. The van der Waals surface area contributed by atoms with Crippen molar-refractivity contribution in [2.24, 2.45) is 5.92 Å². The van der Waals surface area contributed by atoms with Crippen molar-refractivity contribution < 1.29 is 4.74 Å². The van der Waals surface area contributed by atoms with E-state index in [1.165, 1.54) is 59.9 Å². The molecule has 0 N–H and O–H groups in total. The van der Waals surface area contributed by atoms with Gasteiger partial charge < -0.3 is 4.74 Å². The average molecular weight is 415 g/mol. The summed E-state index contributed by atoms with van der Waals surface area (Å²) in [4.78, 5) is 0. The third kappa shape index (κ3) is 6.99. The van der Waals surface area contributed by atoms with E-state index in [4.69, 9.17) is 4.74 Å². The molecule has 0 aliphatic rings. The fourth-order valence-electron chi connectivity index (χ4n) is 3.95. The van der Waals surface area contributed by atoms with Crippen LogP contribution in [0.5, 0.6) is 5.75 Å². The first-order chi connectivity index (χ1) is 15.2. The van der Waals surface area contributed by atoms with Gasteiger partial charge in [-0.1, -0.05) is 107 Å². The quantitative estimate of drug-likeness (QED) is 0.269. The number of hydrogen-bond acceptors (Lipinski definition) is 1. The van der Waals surface area contributed by atoms with Crippen LogP contribution in [0.2, 0.25) is 0 Å². The van der Waals surface area contributed by atoms with Crippen molar-refractivity contribution in [2.75, 3.05) is 6.61 Å². The lowest BCUT2D eigenvalue weighted by molar-refractivity contribution is 0.294. The largest absolute Gasteiger partial charge is 0.493 e. The van der Waals surface area contributed by atoms with Crippen LogP contribution in [-0.2, 0) is 6.42 Å². The van der Waals surface area contributed by atoms with Crippen molar-refractivity contribution in [3.63, 3.8) is 0 Å². The summed E-state index contributed by atoms with van der Waals surface area (Å²) in [6, 6.07) is 26.2. The first-order valence-electron chi connectivity index (χ1n) is 12.1. The van der Waals surface area contributed by atoms with Gasteiger partial charge in [0.2, 0.25) is 0 Å². The number of unbranched alkanes of at least 4 members (excludes halogenated alkanes) is 2. The van der Waals surface area contributed by atoms with Gasteiger partial charge in [-0.25, -0.2) is 0 Å². The zero-order chi connectivity index (χ0) is 21.9. The SMILES string of the molecule is CCCCCc1ccc(-c2ccc(-c3ccccc3)cc2)c(OCCCC(C)CC)c1. The Bertz CT molecular complexity index is 895. The van der Waals surface area contributed by atoms with Crippen LogP contribution in [0.3, 0.4) is 0 Å². The summed E-state index contributed by atoms with van der Waals surface area (Å²) >= 11 is 0. The second kappa shape index (κ2) is 12.3. The number of ether oxygens (including phenoxy) is 1. The number of benzene rings is 3. The highest BCUT2D eigenvalue weighted by molar-refractivity contribution is 5.74. The molecule has 31 heavy (non-hydrogen) atoms. The lowest BCUT2D eigenvalue weighted by atomic mass is 9.97. The maximum Gasteiger partial charge on any atom is 0.127 e. The van der Waals surface area contributed by atoms with Crippen molar-refractivity contribution in [1.29, 1.82) is 0 Å². The molecule has 3 aromatic carbocycles. The summed E-state index contributed by atoms with van der Waals surface area (Å²) < 4.78 is 6.35. The summed E-state index contributed by atoms with van der Waals surface area (Å²) in [5, 5.41) is 0. The highest BCUT2D eigenvalue weighted by atomic mass is 16.5. The molecule has 1 atom stereocenters. The van der Waals surface area contributed by atoms with Crippen LogP contribution >= 0.6 is 0 Å². The fraction of sp³-hybridized carbons (Fsp3) is 0.400. The topological polar surface area (TPSA) is 9.23 Å². The third-order valence-corrected chi connectivity index (χ3v) is 6.21. The van der Waals surface area contributed by atoms with Crippen molar-refractivity contribution >= 4 is 0 Å². The first-order valence-corrected chi connectivity index (χ1v) is 12.1. The van der Waals surface area contributed by atoms with E-state index < -0.39 is 0 Å². The van der Waals surface area contributed by atoms with Gasteiger partial charge in [-0.15, -0.1) is 0 Å². The van der Waals surface area contributed by atoms with Gasteiger partial charge in [0.1, 0.15) is 5.75 Å². The van der Waals surface area contributed by atoms with E-state index >= 15 is 0 Å². The molecule has 0 aromatic heterocycles. The molecule has 0 saturated carbocycles. The molecular formula is C30H38O. The lowest BCUT2D eigenvalue weighted by Gasteiger charge is -2.15. The molecule has 0 heterocycles. The van der Waals surface area contributed by atoms with Crippen LogP contribution in [0.25, 0.3) is 22.3 Å². The lowest BCUT2D eigenvalue weighted by Crippen LogP contribution is -2.02. The van der Waals surface area contributed by atoms with Gasteiger partial charge in [-0.05, 0) is 59.9 Å². The standard InChI is InChI=1S/C30H38O/c1-4-6-8-13-25-16-21-29(30(23-25)31-22-11-12-24(3)5-2)28-19-17-27(18-20-28)26-14-9-7-10-15-26/h7,9-10,14-21,23-24H,4-6,8,11-13,22H2,1-3H3. The molecule has 164 valence electrons. The Kier molecular flexibility index (Phi) is 9.21. The number of hydrogen-bond donors (Lipinski definition) is 0. The van der Waals surface area contributed by atoms with E-state index in [-0.39, 0.29) is 0 Å². The van der Waals surface area contributed by atoms with Crippen LogP contribution in [-0.4, -0.2) is 6.61 Å². The molecule has 1 nitrogen and oxygen atoms in total. The summed E-state index contributed by atoms with van der Waals surface area (Å²) in [6.45, 7) is 7.64. The first kappa shape index (κ1) is 23.1. The Morgan fingerprint density at radius 2 is 1.45 bits per heavy atom. The molecule has 0 saturated heterocycles. The van der Waals surface area contributed by atoms with Crippen molar-refractivity contribution in [1.82, 2.24) is 0 Å². The number of aryl methyl sites for hydroxylation is 1. The molecule has 0 fully saturated rings. The van der Waals surface area contributed by atoms with Gasteiger partial charge in [0.15, 0.2) is 0 Å². The van der Waals surface area contributed by atoms with Gasteiger partial charge in [-0.2, -0.15) is 0 Å². The Morgan fingerprint density at radius 3 is 2.16 bits per heavy atom. The second-order valence-corrected chi connectivity index (χ2v) is 8.74. The highest BCUT2D eigenvalue weighted by Crippen LogP contribution is 2.33. The van der Waals surface area contributed by atoms with Gasteiger partial charge in [0.05, 0.1) is 6.61 Å². The summed E-state index contributed by atoms with van der Waals surface area (Å²) in [5.74, 6) is 1.81. The van der Waals surface area contributed by atoms with E-state index in [2.05, 4.69) is 93.6 Å². The number of rotatable bonds is 12. The van der Waals surface area contributed by atoms with E-state index in [0.717, 1.165) is 31.1 Å². The minimum Gasteiger partial charge on any atom is -0.493 e. The molecule has 1 heteroatoms. The summed E-state index contributed by atoms with van der Waals surface area (Å²) in [6.07, 6.45) is 8.50. The molecule has 0 aliphatic heterocycles. The van der Waals surface area contributed by atoms with E-state index in [0.29, 0.717) is 0 Å². The molecule has 0 amide bonds. The predicted molar refractivity (Wildman–Crippen MR) is 135 cm³/mol. The minimum atomic E-state index is 0.772. The minimum absolute atomic E-state index is 0.772. The smallest absolute Gasteiger partial charge is 0.127 e. The van der Waals surface area contributed by atoms with Crippen molar-refractivity contribution in [2.45, 2.75) is 65.7 Å². The summed E-state index contributed by atoms with van der Waals surface area (Å²) in [5.41, 5.74) is 6.30. The average Bonchev–Trinajstić information content (AvgIpc) is 2.82. The highest BCUT2D eigenvalue weighted by Gasteiger charge is 2.10. The molecular weight excluding hydrogens is 376 g/mol. The zero-order valence-corrected chi connectivity index (χ0v) is 19.6.